The van der Waals surface area contributed by atoms with Crippen molar-refractivity contribution in [2.45, 2.75) is 63.7 Å². The fourth-order valence-corrected chi connectivity index (χ4v) is 3.74. The van der Waals surface area contributed by atoms with Crippen molar-refractivity contribution in [1.82, 2.24) is 25.9 Å². The molecule has 10 N–H and O–H groups in total. The monoisotopic (exact) mass is 545 g/mol. The molecule has 1 aromatic carbocycles. The Morgan fingerprint density at radius 1 is 0.923 bits per heavy atom. The van der Waals surface area contributed by atoms with Gasteiger partial charge in [-0.2, -0.15) is 0 Å². The smallest absolute Gasteiger partial charge is 0.326 e. The molecule has 4 amide bonds. The van der Waals surface area contributed by atoms with Crippen molar-refractivity contribution in [3.63, 3.8) is 0 Å². The van der Waals surface area contributed by atoms with Gasteiger partial charge < -0.3 is 42.6 Å². The summed E-state index contributed by atoms with van der Waals surface area (Å²) in [5.74, 6) is -4.53. The lowest BCUT2D eigenvalue weighted by Crippen LogP contribution is -2.58. The van der Waals surface area contributed by atoms with Gasteiger partial charge in [-0.15, -0.1) is 0 Å². The number of nitrogens with one attached hydrogen (secondary N) is 4. The molecule has 1 heterocycles. The van der Waals surface area contributed by atoms with Crippen LogP contribution in [-0.2, 0) is 36.8 Å². The van der Waals surface area contributed by atoms with Gasteiger partial charge in [0.1, 0.15) is 23.9 Å². The first-order chi connectivity index (χ1) is 18.3. The van der Waals surface area contributed by atoms with E-state index in [9.17, 15) is 34.2 Å². The molecule has 2 rings (SSSR count). The van der Waals surface area contributed by atoms with Gasteiger partial charge in [-0.05, 0) is 30.0 Å². The van der Waals surface area contributed by atoms with Crippen molar-refractivity contribution in [2.24, 2.45) is 17.4 Å². The topological polar surface area (TPSA) is 243 Å². The molecule has 0 aliphatic carbocycles. The van der Waals surface area contributed by atoms with E-state index < -0.39 is 60.2 Å². The van der Waals surface area contributed by atoms with Crippen LogP contribution in [0, 0.1) is 5.92 Å². The first kappa shape index (κ1) is 30.8. The van der Waals surface area contributed by atoms with Gasteiger partial charge in [0.25, 0.3) is 0 Å². The summed E-state index contributed by atoms with van der Waals surface area (Å²) >= 11 is 0. The Morgan fingerprint density at radius 3 is 2.05 bits per heavy atom. The zero-order valence-corrected chi connectivity index (χ0v) is 21.7. The number of carboxylic acid groups (broad SMARTS) is 1. The number of phenols is 1. The largest absolute Gasteiger partial charge is 0.508 e. The number of phenolic OH excluding ortho intramolecular Hbond substituents is 1. The van der Waals surface area contributed by atoms with Crippen molar-refractivity contribution in [1.29, 1.82) is 0 Å². The van der Waals surface area contributed by atoms with Crippen LogP contribution in [-0.4, -0.2) is 73.9 Å². The number of aliphatic carboxylic acids is 1. The van der Waals surface area contributed by atoms with Crippen molar-refractivity contribution in [3.8, 4) is 5.75 Å². The molecule has 1 aromatic heterocycles. The number of primary amides is 1. The zero-order valence-electron chi connectivity index (χ0n) is 21.7. The van der Waals surface area contributed by atoms with E-state index in [1.807, 2.05) is 13.8 Å². The fraction of sp³-hybridized carbons (Fsp3) is 0.440. The van der Waals surface area contributed by atoms with Gasteiger partial charge >= 0.3 is 5.97 Å². The third kappa shape index (κ3) is 10.4. The number of benzene rings is 1. The van der Waals surface area contributed by atoms with Crippen LogP contribution in [0.4, 0.5) is 0 Å². The van der Waals surface area contributed by atoms with E-state index in [1.54, 1.807) is 0 Å². The van der Waals surface area contributed by atoms with Gasteiger partial charge in [-0.25, -0.2) is 9.78 Å². The highest BCUT2D eigenvalue weighted by Crippen LogP contribution is 2.12. The second-order valence-electron chi connectivity index (χ2n) is 9.58. The molecule has 0 bridgehead atoms. The number of aromatic amines is 1. The van der Waals surface area contributed by atoms with Crippen LogP contribution in [0.2, 0.25) is 0 Å². The van der Waals surface area contributed by atoms with Crippen LogP contribution in [0.5, 0.6) is 5.75 Å². The van der Waals surface area contributed by atoms with E-state index in [0.717, 1.165) is 0 Å². The first-order valence-corrected chi connectivity index (χ1v) is 12.3. The number of carbonyl (C=O) groups excluding carboxylic acids is 4. The van der Waals surface area contributed by atoms with E-state index in [-0.39, 0.29) is 24.5 Å². The summed E-state index contributed by atoms with van der Waals surface area (Å²) in [5, 5.41) is 26.3. The summed E-state index contributed by atoms with van der Waals surface area (Å²) < 4.78 is 0. The Morgan fingerprint density at radius 2 is 1.51 bits per heavy atom. The number of aromatic hydroxyl groups is 1. The van der Waals surface area contributed by atoms with Gasteiger partial charge in [0, 0.05) is 24.7 Å². The lowest BCUT2D eigenvalue weighted by molar-refractivity contribution is -0.142. The highest BCUT2D eigenvalue weighted by Gasteiger charge is 2.31. The van der Waals surface area contributed by atoms with Crippen molar-refractivity contribution >= 4 is 29.6 Å². The summed E-state index contributed by atoms with van der Waals surface area (Å²) in [5.41, 5.74) is 12.2. The number of hydrogen-bond donors (Lipinski definition) is 8. The molecular formula is C25H35N7O7. The van der Waals surface area contributed by atoms with Crippen LogP contribution in [0.15, 0.2) is 36.8 Å². The lowest BCUT2D eigenvalue weighted by Gasteiger charge is -2.25. The molecule has 4 unspecified atom stereocenters. The van der Waals surface area contributed by atoms with Crippen LogP contribution >= 0.6 is 0 Å². The molecular weight excluding hydrogens is 510 g/mol. The second-order valence-corrected chi connectivity index (χ2v) is 9.58. The van der Waals surface area contributed by atoms with Crippen LogP contribution in [0.1, 0.15) is 37.9 Å². The highest BCUT2D eigenvalue weighted by atomic mass is 16.4. The minimum atomic E-state index is -1.53. The summed E-state index contributed by atoms with van der Waals surface area (Å²) in [6, 6.07) is 0.695. The maximum Gasteiger partial charge on any atom is 0.326 e. The Hall–Kier alpha value is -4.46. The quantitative estimate of drug-likeness (QED) is 0.132. The van der Waals surface area contributed by atoms with E-state index >= 15 is 0 Å². The number of hydrogen-bond acceptors (Lipinski definition) is 8. The van der Waals surface area contributed by atoms with Gasteiger partial charge in [-0.3, -0.25) is 19.2 Å². The summed E-state index contributed by atoms with van der Waals surface area (Å²) in [6.07, 6.45) is 2.42. The molecule has 0 saturated heterocycles. The van der Waals surface area contributed by atoms with Gasteiger partial charge in [0.15, 0.2) is 0 Å². The molecule has 212 valence electrons. The molecule has 2 aromatic rings. The normalized spacial score (nSPS) is 14.1. The molecule has 14 heteroatoms. The third-order valence-electron chi connectivity index (χ3n) is 5.70. The fourth-order valence-electron chi connectivity index (χ4n) is 3.74. The van der Waals surface area contributed by atoms with Crippen LogP contribution < -0.4 is 27.4 Å². The molecule has 39 heavy (non-hydrogen) atoms. The molecule has 0 fully saturated rings. The molecule has 4 atom stereocenters. The van der Waals surface area contributed by atoms with Crippen molar-refractivity contribution < 1.29 is 34.2 Å². The van der Waals surface area contributed by atoms with Gasteiger partial charge in [0.2, 0.25) is 23.6 Å². The van der Waals surface area contributed by atoms with Crippen LogP contribution in [0.3, 0.4) is 0 Å². The number of carboxylic acids is 1. The summed E-state index contributed by atoms with van der Waals surface area (Å²) in [6.45, 7) is 3.78. The molecule has 0 radical (unpaired) electrons. The third-order valence-corrected chi connectivity index (χ3v) is 5.70. The van der Waals surface area contributed by atoms with Gasteiger partial charge in [-0.1, -0.05) is 26.0 Å². The minimum Gasteiger partial charge on any atom is -0.508 e. The number of carbonyl (C=O) groups is 5. The Kier molecular flexibility index (Phi) is 11.4. The maximum atomic E-state index is 13.2. The number of amides is 4. The number of imidazole rings is 1. The standard InChI is InChI=1S/C25H35N7O7/c1-13(2)7-17(26)22(35)30-18(9-15-11-28-12-29-15)23(36)31-19(10-21(27)34)24(37)32-20(25(38)39)8-14-3-5-16(33)6-4-14/h3-6,11-13,17-20,33H,7-10,26H2,1-2H3,(H2,27,34)(H,28,29)(H,30,35)(H,31,36)(H,32,37)(H,38,39). The molecule has 0 aliphatic rings. The Balaban J connectivity index is 2.19. The number of nitrogens with zero attached hydrogens (tertiary/aromatic N) is 1. The van der Waals surface area contributed by atoms with Crippen LogP contribution in [0.25, 0.3) is 0 Å². The predicted molar refractivity (Wildman–Crippen MR) is 139 cm³/mol. The maximum absolute atomic E-state index is 13.2. The highest BCUT2D eigenvalue weighted by molar-refractivity contribution is 5.96. The SMILES string of the molecule is CC(C)CC(N)C(=O)NC(Cc1cnc[nH]1)C(=O)NC(CC(N)=O)C(=O)NC(Cc1ccc(O)cc1)C(=O)O. The summed E-state index contributed by atoms with van der Waals surface area (Å²) in [4.78, 5) is 69.1. The van der Waals surface area contributed by atoms with E-state index in [0.29, 0.717) is 17.7 Å². The van der Waals surface area contributed by atoms with Crippen molar-refractivity contribution in [2.75, 3.05) is 0 Å². The van der Waals surface area contributed by atoms with Crippen molar-refractivity contribution in [3.05, 3.63) is 48.0 Å². The molecule has 14 nitrogen and oxygen atoms in total. The van der Waals surface area contributed by atoms with E-state index in [4.69, 9.17) is 11.5 Å². The number of H-pyrrole nitrogens is 1. The molecule has 0 saturated carbocycles. The lowest BCUT2D eigenvalue weighted by atomic mass is 10.0. The average Bonchev–Trinajstić information content (AvgIpc) is 3.36. The minimum absolute atomic E-state index is 0.0131. The second kappa shape index (κ2) is 14.5. The zero-order chi connectivity index (χ0) is 29.1. The molecule has 0 spiro atoms. The Labute approximate surface area is 224 Å². The predicted octanol–water partition coefficient (Wildman–Crippen LogP) is -1.31. The summed E-state index contributed by atoms with van der Waals surface area (Å²) in [7, 11) is 0. The van der Waals surface area contributed by atoms with Gasteiger partial charge in [0.05, 0.1) is 18.8 Å². The first-order valence-electron chi connectivity index (χ1n) is 12.3. The van der Waals surface area contributed by atoms with E-state index in [2.05, 4.69) is 25.9 Å². The molecule has 0 aliphatic heterocycles. The average molecular weight is 546 g/mol. The number of aromatic nitrogens is 2. The number of nitrogens with two attached hydrogens (primary N) is 2. The number of rotatable bonds is 15. The van der Waals surface area contributed by atoms with E-state index in [1.165, 1.54) is 36.8 Å². The Bertz CT molecular complexity index is 1140.